The summed E-state index contributed by atoms with van der Waals surface area (Å²) in [6, 6.07) is 0. The third-order valence-electron chi connectivity index (χ3n) is 4.27. The highest BCUT2D eigenvalue weighted by atomic mass is 32.1. The maximum absolute atomic E-state index is 12.4. The molecule has 0 aliphatic heterocycles. The zero-order valence-corrected chi connectivity index (χ0v) is 12.9. The lowest BCUT2D eigenvalue weighted by Gasteiger charge is -2.37. The lowest BCUT2D eigenvalue weighted by molar-refractivity contribution is -0.133. The fraction of sp³-hybridized carbons (Fsp3) is 0.643. The molecule has 0 radical (unpaired) electrons. The lowest BCUT2D eigenvalue weighted by Crippen LogP contribution is -2.47. The summed E-state index contributed by atoms with van der Waals surface area (Å²) < 4.78 is 0. The Kier molecular flexibility index (Phi) is 4.95. The minimum absolute atomic E-state index is 0.0179. The number of nitrogens with one attached hydrogen (secondary N) is 1. The molecule has 0 saturated heterocycles. The minimum Gasteiger partial charge on any atom is -0.476 e. The number of carboxylic acids is 1. The first-order valence-corrected chi connectivity index (χ1v) is 8.01. The van der Waals surface area contributed by atoms with Crippen molar-refractivity contribution in [2.75, 3.05) is 6.54 Å². The molecule has 21 heavy (non-hydrogen) atoms. The van der Waals surface area contributed by atoms with Gasteiger partial charge < -0.3 is 16.2 Å². The molecule has 1 heterocycles. The quantitative estimate of drug-likeness (QED) is 0.766. The monoisotopic (exact) mass is 311 g/mol. The first-order valence-electron chi connectivity index (χ1n) is 7.13. The predicted molar refractivity (Wildman–Crippen MR) is 80.0 cm³/mol. The van der Waals surface area contributed by atoms with Crippen LogP contribution in [0.3, 0.4) is 0 Å². The first kappa shape index (κ1) is 15.9. The highest BCUT2D eigenvalue weighted by Crippen LogP contribution is 2.38. The highest BCUT2D eigenvalue weighted by Gasteiger charge is 2.39. The van der Waals surface area contributed by atoms with Gasteiger partial charge in [0.25, 0.3) is 0 Å². The smallest absolute Gasteiger partial charge is 0.355 e. The number of aromatic carboxylic acids is 1. The summed E-state index contributed by atoms with van der Waals surface area (Å²) in [5.74, 6) is -0.443. The van der Waals surface area contributed by atoms with Crippen LogP contribution < -0.4 is 11.1 Å². The van der Waals surface area contributed by atoms with Crippen molar-refractivity contribution in [1.82, 2.24) is 10.3 Å². The molecule has 0 atom stereocenters. The van der Waals surface area contributed by atoms with Gasteiger partial charge in [0.1, 0.15) is 5.01 Å². The number of hydrogen-bond acceptors (Lipinski definition) is 5. The number of carboxylic acid groups (broad SMARTS) is 1. The Hall–Kier alpha value is -1.47. The predicted octanol–water partition coefficient (Wildman–Crippen LogP) is 1.61. The Morgan fingerprint density at radius 2 is 2.19 bits per heavy atom. The van der Waals surface area contributed by atoms with Crippen molar-refractivity contribution in [3.63, 3.8) is 0 Å². The summed E-state index contributed by atoms with van der Waals surface area (Å²) in [6.07, 6.45) is 3.67. The number of carbonyl (C=O) groups is 2. The molecule has 0 spiro atoms. The van der Waals surface area contributed by atoms with Crippen molar-refractivity contribution in [2.45, 2.75) is 39.2 Å². The summed E-state index contributed by atoms with van der Waals surface area (Å²) >= 11 is 1.24. The number of hydrogen-bond donors (Lipinski definition) is 3. The third-order valence-corrected chi connectivity index (χ3v) is 5.12. The van der Waals surface area contributed by atoms with E-state index in [9.17, 15) is 9.59 Å². The molecule has 1 saturated carbocycles. The summed E-state index contributed by atoms with van der Waals surface area (Å²) in [5, 5.41) is 13.8. The molecule has 2 rings (SSSR count). The minimum atomic E-state index is -1.05. The van der Waals surface area contributed by atoms with Gasteiger partial charge in [-0.05, 0) is 31.6 Å². The summed E-state index contributed by atoms with van der Waals surface area (Å²) in [4.78, 5) is 27.2. The lowest BCUT2D eigenvalue weighted by atomic mass is 9.70. The van der Waals surface area contributed by atoms with Crippen LogP contribution in [0.25, 0.3) is 0 Å². The molecule has 0 unspecified atom stereocenters. The van der Waals surface area contributed by atoms with E-state index in [2.05, 4.69) is 17.2 Å². The molecule has 1 aliphatic rings. The number of rotatable bonds is 5. The van der Waals surface area contributed by atoms with Crippen LogP contribution in [-0.2, 0) is 11.3 Å². The summed E-state index contributed by atoms with van der Waals surface area (Å²) in [6.45, 7) is 2.80. The number of nitrogens with zero attached hydrogens (tertiary/aromatic N) is 1. The van der Waals surface area contributed by atoms with E-state index >= 15 is 0 Å². The van der Waals surface area contributed by atoms with Crippen molar-refractivity contribution < 1.29 is 14.7 Å². The standard InChI is InChI=1S/C14H21N3O3S/c1-9-2-4-14(8-15,5-3-9)13(20)16-6-11-17-10(7-21-11)12(18)19/h7,9H,2-6,8,15H2,1H3,(H,16,20)(H,18,19). The van der Waals surface area contributed by atoms with Crippen LogP contribution in [0.2, 0.25) is 0 Å². The molecule has 4 N–H and O–H groups in total. The van der Waals surface area contributed by atoms with Gasteiger partial charge >= 0.3 is 5.97 Å². The second-order valence-corrected chi connectivity index (χ2v) is 6.72. The van der Waals surface area contributed by atoms with Crippen LogP contribution in [0.15, 0.2) is 5.38 Å². The van der Waals surface area contributed by atoms with Gasteiger partial charge in [-0.1, -0.05) is 6.92 Å². The molecular weight excluding hydrogens is 290 g/mol. The number of amides is 1. The summed E-state index contributed by atoms with van der Waals surface area (Å²) in [7, 11) is 0. The topological polar surface area (TPSA) is 105 Å². The third kappa shape index (κ3) is 3.59. The van der Waals surface area contributed by atoms with Crippen LogP contribution in [0.5, 0.6) is 0 Å². The Labute approximate surface area is 127 Å². The van der Waals surface area contributed by atoms with Crippen molar-refractivity contribution in [1.29, 1.82) is 0 Å². The normalized spacial score (nSPS) is 25.5. The Morgan fingerprint density at radius 3 is 2.71 bits per heavy atom. The SMILES string of the molecule is CC1CCC(CN)(C(=O)NCc2nc(C(=O)O)cs2)CC1. The number of thiazole rings is 1. The largest absolute Gasteiger partial charge is 0.476 e. The van der Waals surface area contributed by atoms with E-state index in [-0.39, 0.29) is 18.1 Å². The van der Waals surface area contributed by atoms with Crippen LogP contribution >= 0.6 is 11.3 Å². The van der Waals surface area contributed by atoms with Gasteiger partial charge in [0.2, 0.25) is 5.91 Å². The van der Waals surface area contributed by atoms with Gasteiger partial charge in [-0.25, -0.2) is 9.78 Å². The van der Waals surface area contributed by atoms with Gasteiger partial charge in [-0.2, -0.15) is 0 Å². The number of carbonyl (C=O) groups excluding carboxylic acids is 1. The zero-order valence-electron chi connectivity index (χ0n) is 12.1. The average molecular weight is 311 g/mol. The number of aromatic nitrogens is 1. The second kappa shape index (κ2) is 6.53. The molecule has 1 aromatic heterocycles. The van der Waals surface area contributed by atoms with E-state index in [1.54, 1.807) is 0 Å². The summed E-state index contributed by atoms with van der Waals surface area (Å²) in [5.41, 5.74) is 5.39. The fourth-order valence-electron chi connectivity index (χ4n) is 2.67. The molecule has 0 bridgehead atoms. The van der Waals surface area contributed by atoms with E-state index in [1.807, 2.05) is 0 Å². The van der Waals surface area contributed by atoms with Crippen LogP contribution in [0.4, 0.5) is 0 Å². The van der Waals surface area contributed by atoms with E-state index in [4.69, 9.17) is 10.8 Å². The van der Waals surface area contributed by atoms with E-state index in [0.29, 0.717) is 17.5 Å². The Balaban J connectivity index is 1.94. The fourth-order valence-corrected chi connectivity index (χ4v) is 3.38. The molecule has 1 aromatic rings. The molecule has 6 nitrogen and oxygen atoms in total. The Morgan fingerprint density at radius 1 is 1.52 bits per heavy atom. The number of nitrogens with two attached hydrogens (primary N) is 1. The van der Waals surface area contributed by atoms with Crippen molar-refractivity contribution >= 4 is 23.2 Å². The Bertz CT molecular complexity index is 521. The average Bonchev–Trinajstić information content (AvgIpc) is 2.95. The molecule has 1 fully saturated rings. The van der Waals surface area contributed by atoms with Gasteiger partial charge in [0.05, 0.1) is 12.0 Å². The molecule has 1 amide bonds. The van der Waals surface area contributed by atoms with Crippen LogP contribution in [0.1, 0.15) is 48.1 Å². The van der Waals surface area contributed by atoms with Crippen molar-refractivity contribution in [3.05, 3.63) is 16.1 Å². The van der Waals surface area contributed by atoms with E-state index < -0.39 is 11.4 Å². The van der Waals surface area contributed by atoms with Gasteiger partial charge in [-0.3, -0.25) is 4.79 Å². The van der Waals surface area contributed by atoms with Crippen molar-refractivity contribution in [3.8, 4) is 0 Å². The molecular formula is C14H21N3O3S. The molecule has 7 heteroatoms. The zero-order chi connectivity index (χ0) is 15.5. The maximum Gasteiger partial charge on any atom is 0.355 e. The van der Waals surface area contributed by atoms with Gasteiger partial charge in [0.15, 0.2) is 5.69 Å². The van der Waals surface area contributed by atoms with Crippen molar-refractivity contribution in [2.24, 2.45) is 17.1 Å². The molecule has 116 valence electrons. The van der Waals surface area contributed by atoms with Crippen LogP contribution in [0, 0.1) is 11.3 Å². The first-order chi connectivity index (χ1) is 9.97. The van der Waals surface area contributed by atoms with E-state index in [0.717, 1.165) is 25.7 Å². The highest BCUT2D eigenvalue weighted by molar-refractivity contribution is 7.09. The maximum atomic E-state index is 12.4. The van der Waals surface area contributed by atoms with Gasteiger partial charge in [-0.15, -0.1) is 11.3 Å². The molecule has 1 aliphatic carbocycles. The van der Waals surface area contributed by atoms with E-state index in [1.165, 1.54) is 16.7 Å². The van der Waals surface area contributed by atoms with Crippen LogP contribution in [-0.4, -0.2) is 28.5 Å². The molecule has 0 aromatic carbocycles. The second-order valence-electron chi connectivity index (χ2n) is 5.78. The van der Waals surface area contributed by atoms with Gasteiger partial charge in [0, 0.05) is 11.9 Å².